The third kappa shape index (κ3) is 1.31. The monoisotopic (exact) mass is 276 g/mol. The molecule has 0 saturated carbocycles. The van der Waals surface area contributed by atoms with Crippen LogP contribution >= 0.6 is 28.1 Å². The molecule has 0 fully saturated rings. The van der Waals surface area contributed by atoms with Crippen LogP contribution in [-0.2, 0) is 6.61 Å². The molecule has 2 aromatic rings. The van der Waals surface area contributed by atoms with Crippen molar-refractivity contribution < 1.29 is 5.11 Å². The molecule has 0 amide bonds. The summed E-state index contributed by atoms with van der Waals surface area (Å²) < 4.78 is 1.82. The molecule has 0 atom stereocenters. The van der Waals surface area contributed by atoms with E-state index in [9.17, 15) is 4.79 Å². The van der Waals surface area contributed by atoms with Crippen molar-refractivity contribution in [2.75, 3.05) is 0 Å². The average Bonchev–Trinajstić information content (AvgIpc) is 2.44. The largest absolute Gasteiger partial charge is 0.390 e. The molecule has 2 heterocycles. The maximum absolute atomic E-state index is 11.3. The molecule has 6 nitrogen and oxygen atoms in total. The highest BCUT2D eigenvalue weighted by Crippen LogP contribution is 2.18. The van der Waals surface area contributed by atoms with Gasteiger partial charge in [-0.2, -0.15) is 9.50 Å². The van der Waals surface area contributed by atoms with E-state index in [4.69, 9.17) is 17.3 Å². The first-order valence-electron chi connectivity index (χ1n) is 3.64. The Kier molecular flexibility index (Phi) is 2.25. The number of aliphatic hydroxyl groups is 1. The van der Waals surface area contributed by atoms with Gasteiger partial charge >= 0.3 is 5.69 Å². The number of nitrogens with zero attached hydrogens (tertiary/aromatic N) is 2. The van der Waals surface area contributed by atoms with Crippen LogP contribution in [0.25, 0.3) is 5.65 Å². The van der Waals surface area contributed by atoms with Crippen molar-refractivity contribution in [1.29, 1.82) is 0 Å². The quantitative estimate of drug-likeness (QED) is 0.656. The van der Waals surface area contributed by atoms with Gasteiger partial charge in [-0.05, 0) is 28.1 Å². The number of hydrogen-bond acceptors (Lipinski definition) is 4. The van der Waals surface area contributed by atoms with Gasteiger partial charge in [0.1, 0.15) is 0 Å². The van der Waals surface area contributed by atoms with E-state index in [0.717, 1.165) is 0 Å². The van der Waals surface area contributed by atoms with E-state index in [0.29, 0.717) is 15.8 Å². The van der Waals surface area contributed by atoms with Crippen LogP contribution in [-0.4, -0.2) is 24.7 Å². The molecule has 0 unspecified atom stereocenters. The second-order valence-corrected chi connectivity index (χ2v) is 3.75. The number of nitrogens with one attached hydrogen (secondary N) is 2. The topological polar surface area (TPSA) is 86.2 Å². The lowest BCUT2D eigenvalue weighted by molar-refractivity contribution is 0.275. The summed E-state index contributed by atoms with van der Waals surface area (Å²) in [7, 11) is 0. The maximum Gasteiger partial charge on any atom is 0.348 e. The van der Waals surface area contributed by atoms with Gasteiger partial charge in [-0.1, -0.05) is 0 Å². The SMILES string of the molecule is O=c1[nH]c(=S)nc2c(Br)c(CO)[nH]n12. The summed E-state index contributed by atoms with van der Waals surface area (Å²) in [6.07, 6.45) is 0. The lowest BCUT2D eigenvalue weighted by atomic mass is 10.4. The van der Waals surface area contributed by atoms with Crippen LogP contribution in [0.1, 0.15) is 5.69 Å². The van der Waals surface area contributed by atoms with E-state index in [1.807, 2.05) is 0 Å². The highest BCUT2D eigenvalue weighted by Gasteiger charge is 2.10. The molecule has 0 aliphatic carbocycles. The van der Waals surface area contributed by atoms with Crippen molar-refractivity contribution in [2.45, 2.75) is 6.61 Å². The Morgan fingerprint density at radius 1 is 1.64 bits per heavy atom. The van der Waals surface area contributed by atoms with Crippen LogP contribution in [0.15, 0.2) is 9.27 Å². The molecular weight excluding hydrogens is 272 g/mol. The first kappa shape index (κ1) is 9.56. The molecule has 8 heteroatoms. The van der Waals surface area contributed by atoms with Gasteiger partial charge in [0, 0.05) is 0 Å². The molecule has 3 N–H and O–H groups in total. The van der Waals surface area contributed by atoms with Gasteiger partial charge in [0.25, 0.3) is 0 Å². The number of hydrogen-bond donors (Lipinski definition) is 3. The fourth-order valence-electron chi connectivity index (χ4n) is 1.09. The molecule has 0 radical (unpaired) electrons. The van der Waals surface area contributed by atoms with Crippen molar-refractivity contribution in [2.24, 2.45) is 0 Å². The Morgan fingerprint density at radius 2 is 2.36 bits per heavy atom. The van der Waals surface area contributed by atoms with Gasteiger partial charge in [0.15, 0.2) is 5.65 Å². The molecule has 0 aliphatic heterocycles. The van der Waals surface area contributed by atoms with E-state index in [1.54, 1.807) is 0 Å². The summed E-state index contributed by atoms with van der Waals surface area (Å²) in [6.45, 7) is -0.212. The molecule has 74 valence electrons. The number of rotatable bonds is 1. The first-order valence-corrected chi connectivity index (χ1v) is 4.84. The number of aliphatic hydroxyl groups excluding tert-OH is 1. The highest BCUT2D eigenvalue weighted by atomic mass is 79.9. The Bertz CT molecular complexity index is 598. The molecule has 2 aromatic heterocycles. The normalized spacial score (nSPS) is 11.0. The van der Waals surface area contributed by atoms with Crippen molar-refractivity contribution in [3.8, 4) is 0 Å². The van der Waals surface area contributed by atoms with E-state index < -0.39 is 5.69 Å². The summed E-state index contributed by atoms with van der Waals surface area (Å²) in [5.74, 6) is 0. The van der Waals surface area contributed by atoms with Crippen LogP contribution in [0.4, 0.5) is 0 Å². The van der Waals surface area contributed by atoms with Crippen LogP contribution in [0.3, 0.4) is 0 Å². The van der Waals surface area contributed by atoms with Crippen LogP contribution in [0.5, 0.6) is 0 Å². The summed E-state index contributed by atoms with van der Waals surface area (Å²) in [6, 6.07) is 0. The number of H-pyrrole nitrogens is 2. The Morgan fingerprint density at radius 3 is 3.00 bits per heavy atom. The third-order valence-electron chi connectivity index (χ3n) is 1.70. The number of fused-ring (bicyclic) bond motifs is 1. The zero-order chi connectivity index (χ0) is 10.3. The van der Waals surface area contributed by atoms with E-state index >= 15 is 0 Å². The molecule has 14 heavy (non-hydrogen) atoms. The smallest absolute Gasteiger partial charge is 0.348 e. The van der Waals surface area contributed by atoms with E-state index in [2.05, 4.69) is 31.0 Å². The third-order valence-corrected chi connectivity index (χ3v) is 2.73. The van der Waals surface area contributed by atoms with Gasteiger partial charge < -0.3 is 5.11 Å². The average molecular weight is 277 g/mol. The van der Waals surface area contributed by atoms with Crippen molar-refractivity contribution in [3.63, 3.8) is 0 Å². The minimum Gasteiger partial charge on any atom is -0.390 e. The van der Waals surface area contributed by atoms with Crippen molar-refractivity contribution >= 4 is 33.8 Å². The van der Waals surface area contributed by atoms with Crippen LogP contribution in [0.2, 0.25) is 0 Å². The van der Waals surface area contributed by atoms with Gasteiger partial charge in [-0.25, -0.2) is 4.79 Å². The van der Waals surface area contributed by atoms with Crippen LogP contribution < -0.4 is 5.69 Å². The minimum atomic E-state index is -0.416. The van der Waals surface area contributed by atoms with Crippen molar-refractivity contribution in [1.82, 2.24) is 19.6 Å². The predicted molar refractivity (Wildman–Crippen MR) is 54.6 cm³/mol. The first-order chi connectivity index (χ1) is 6.63. The molecule has 0 spiro atoms. The molecule has 0 bridgehead atoms. The second-order valence-electron chi connectivity index (χ2n) is 2.57. The fraction of sp³-hybridized carbons (Fsp3) is 0.167. The molecule has 0 saturated heterocycles. The fourth-order valence-corrected chi connectivity index (χ4v) is 1.75. The maximum atomic E-state index is 11.3. The lowest BCUT2D eigenvalue weighted by Gasteiger charge is -1.89. The van der Waals surface area contributed by atoms with E-state index in [-0.39, 0.29) is 11.4 Å². The summed E-state index contributed by atoms with van der Waals surface area (Å²) in [4.78, 5) is 17.6. The van der Waals surface area contributed by atoms with Gasteiger partial charge in [0.05, 0.1) is 16.8 Å². The Hall–Kier alpha value is -0.990. The second kappa shape index (κ2) is 3.30. The highest BCUT2D eigenvalue weighted by molar-refractivity contribution is 9.10. The minimum absolute atomic E-state index is 0.110. The molecule has 0 aromatic carbocycles. The predicted octanol–water partition coefficient (Wildman–Crippen LogP) is 0.335. The molecule has 0 aliphatic rings. The summed E-state index contributed by atoms with van der Waals surface area (Å²) >= 11 is 7.96. The zero-order valence-electron chi connectivity index (χ0n) is 6.74. The Balaban J connectivity index is 2.99. The molecule has 2 rings (SSSR count). The lowest BCUT2D eigenvalue weighted by Crippen LogP contribution is -2.18. The van der Waals surface area contributed by atoms with Gasteiger partial charge in [0.2, 0.25) is 4.77 Å². The Labute approximate surface area is 90.7 Å². The number of aromatic amines is 2. The zero-order valence-corrected chi connectivity index (χ0v) is 9.15. The van der Waals surface area contributed by atoms with E-state index in [1.165, 1.54) is 4.52 Å². The van der Waals surface area contributed by atoms with Gasteiger partial charge in [-0.3, -0.25) is 10.1 Å². The van der Waals surface area contributed by atoms with Crippen molar-refractivity contribution in [3.05, 3.63) is 25.4 Å². The van der Waals surface area contributed by atoms with Crippen LogP contribution in [0, 0.1) is 4.77 Å². The van der Waals surface area contributed by atoms with Gasteiger partial charge in [-0.15, -0.1) is 0 Å². The number of aromatic nitrogens is 4. The number of halogens is 1. The standard InChI is InChI=1S/C6H5BrN4O2S/c7-3-2(1-12)10-11-4(3)8-5(14)9-6(11)13/h10,12H,1H2,(H,9,13,14). The summed E-state index contributed by atoms with van der Waals surface area (Å²) in [5, 5.41) is 11.6. The summed E-state index contributed by atoms with van der Waals surface area (Å²) in [5.41, 5.74) is 0.423. The molecular formula is C6H5BrN4O2S.